The topological polar surface area (TPSA) is 21.3 Å². The molecule has 0 saturated heterocycles. The first-order valence-corrected chi connectivity index (χ1v) is 6.28. The first-order valence-electron chi connectivity index (χ1n) is 6.28. The van der Waals surface area contributed by atoms with Gasteiger partial charge in [-0.25, -0.2) is 4.39 Å². The van der Waals surface area contributed by atoms with Crippen LogP contribution in [0, 0.1) is 11.7 Å². The summed E-state index contributed by atoms with van der Waals surface area (Å²) < 4.78 is 18.8. The van der Waals surface area contributed by atoms with Crippen molar-refractivity contribution in [2.45, 2.75) is 32.3 Å². The van der Waals surface area contributed by atoms with Crippen LogP contribution in [0.1, 0.15) is 25.3 Å². The van der Waals surface area contributed by atoms with Gasteiger partial charge in [0.05, 0.1) is 0 Å². The average molecular weight is 237 g/mol. The standard InChI is InChI=1S/C14H20FNO/c1-10(9-16-2)3-5-13-8-11-7-12(15)4-6-14(11)17-13/h4,6-7,10,13,16H,3,5,8-9H2,1-2H3. The summed E-state index contributed by atoms with van der Waals surface area (Å²) in [7, 11) is 1.97. The first kappa shape index (κ1) is 12.4. The highest BCUT2D eigenvalue weighted by atomic mass is 19.1. The van der Waals surface area contributed by atoms with Crippen LogP contribution in [-0.2, 0) is 6.42 Å². The lowest BCUT2D eigenvalue weighted by molar-refractivity contribution is 0.209. The van der Waals surface area contributed by atoms with Gasteiger partial charge >= 0.3 is 0 Å². The maximum atomic E-state index is 13.0. The molecular formula is C14H20FNO. The second kappa shape index (κ2) is 5.50. The summed E-state index contributed by atoms with van der Waals surface area (Å²) in [5.74, 6) is 1.35. The maximum Gasteiger partial charge on any atom is 0.123 e. The summed E-state index contributed by atoms with van der Waals surface area (Å²) in [6.45, 7) is 3.27. The fourth-order valence-electron chi connectivity index (χ4n) is 2.37. The maximum absolute atomic E-state index is 13.0. The van der Waals surface area contributed by atoms with Crippen molar-refractivity contribution in [2.24, 2.45) is 5.92 Å². The zero-order chi connectivity index (χ0) is 12.3. The number of ether oxygens (including phenoxy) is 1. The largest absolute Gasteiger partial charge is 0.490 e. The smallest absolute Gasteiger partial charge is 0.123 e. The summed E-state index contributed by atoms with van der Waals surface area (Å²) >= 11 is 0. The minimum absolute atomic E-state index is 0.170. The third-order valence-corrected chi connectivity index (χ3v) is 3.30. The molecule has 1 N–H and O–H groups in total. The second-order valence-electron chi connectivity index (χ2n) is 4.94. The molecule has 0 saturated carbocycles. The molecule has 17 heavy (non-hydrogen) atoms. The Morgan fingerprint density at radius 3 is 3.12 bits per heavy atom. The zero-order valence-corrected chi connectivity index (χ0v) is 10.5. The molecule has 0 bridgehead atoms. The lowest BCUT2D eigenvalue weighted by atomic mass is 10.0. The molecule has 1 aromatic carbocycles. The van der Waals surface area contributed by atoms with Crippen LogP contribution in [0.3, 0.4) is 0 Å². The van der Waals surface area contributed by atoms with Crippen molar-refractivity contribution >= 4 is 0 Å². The van der Waals surface area contributed by atoms with E-state index in [2.05, 4.69) is 12.2 Å². The molecule has 2 unspecified atom stereocenters. The van der Waals surface area contributed by atoms with Crippen LogP contribution >= 0.6 is 0 Å². The van der Waals surface area contributed by atoms with E-state index in [-0.39, 0.29) is 11.9 Å². The van der Waals surface area contributed by atoms with E-state index >= 15 is 0 Å². The molecule has 0 radical (unpaired) electrons. The second-order valence-corrected chi connectivity index (χ2v) is 4.94. The number of benzene rings is 1. The van der Waals surface area contributed by atoms with Gasteiger partial charge in [0.1, 0.15) is 17.7 Å². The minimum Gasteiger partial charge on any atom is -0.490 e. The van der Waals surface area contributed by atoms with Crippen molar-refractivity contribution in [3.8, 4) is 5.75 Å². The van der Waals surface area contributed by atoms with Gasteiger partial charge < -0.3 is 10.1 Å². The number of rotatable bonds is 5. The third-order valence-electron chi connectivity index (χ3n) is 3.30. The van der Waals surface area contributed by atoms with E-state index in [1.54, 1.807) is 12.1 Å². The molecule has 1 aliphatic rings. The molecule has 94 valence electrons. The lowest BCUT2D eigenvalue weighted by Crippen LogP contribution is -2.19. The van der Waals surface area contributed by atoms with E-state index in [0.717, 1.165) is 37.1 Å². The molecule has 2 atom stereocenters. The van der Waals surface area contributed by atoms with Crippen molar-refractivity contribution in [2.75, 3.05) is 13.6 Å². The van der Waals surface area contributed by atoms with E-state index in [1.165, 1.54) is 6.07 Å². The number of hydrogen-bond donors (Lipinski definition) is 1. The van der Waals surface area contributed by atoms with E-state index in [4.69, 9.17) is 4.74 Å². The number of nitrogens with one attached hydrogen (secondary N) is 1. The average Bonchev–Trinajstić information content (AvgIpc) is 2.68. The molecule has 2 rings (SSSR count). The van der Waals surface area contributed by atoms with Gasteiger partial charge in [0.15, 0.2) is 0 Å². The Kier molecular flexibility index (Phi) is 4.00. The Balaban J connectivity index is 1.84. The summed E-state index contributed by atoms with van der Waals surface area (Å²) in [6, 6.07) is 4.79. The van der Waals surface area contributed by atoms with Gasteiger partial charge in [-0.2, -0.15) is 0 Å². The van der Waals surface area contributed by atoms with Gasteiger partial charge in [-0.1, -0.05) is 6.92 Å². The van der Waals surface area contributed by atoms with E-state index in [0.29, 0.717) is 5.92 Å². The van der Waals surface area contributed by atoms with E-state index in [1.807, 2.05) is 7.05 Å². The minimum atomic E-state index is -0.170. The molecule has 0 spiro atoms. The van der Waals surface area contributed by atoms with Crippen molar-refractivity contribution in [3.63, 3.8) is 0 Å². The quantitative estimate of drug-likeness (QED) is 0.850. The fourth-order valence-corrected chi connectivity index (χ4v) is 2.37. The summed E-state index contributed by atoms with van der Waals surface area (Å²) in [4.78, 5) is 0. The van der Waals surface area contributed by atoms with E-state index < -0.39 is 0 Å². The molecule has 1 heterocycles. The molecular weight excluding hydrogens is 217 g/mol. The highest BCUT2D eigenvalue weighted by Crippen LogP contribution is 2.31. The molecule has 3 heteroatoms. The van der Waals surface area contributed by atoms with Crippen molar-refractivity contribution in [1.82, 2.24) is 5.32 Å². The Bertz CT molecular complexity index is 380. The zero-order valence-electron chi connectivity index (χ0n) is 10.5. The molecule has 0 aromatic heterocycles. The van der Waals surface area contributed by atoms with Gasteiger partial charge in [-0.05, 0) is 50.6 Å². The monoisotopic (exact) mass is 237 g/mol. The lowest BCUT2D eigenvalue weighted by Gasteiger charge is -2.14. The molecule has 0 aliphatic carbocycles. The van der Waals surface area contributed by atoms with Gasteiger partial charge in [-0.15, -0.1) is 0 Å². The number of hydrogen-bond acceptors (Lipinski definition) is 2. The summed E-state index contributed by atoms with van der Waals surface area (Å²) in [5.41, 5.74) is 1.01. The first-order chi connectivity index (χ1) is 8.19. The Morgan fingerprint density at radius 1 is 1.53 bits per heavy atom. The van der Waals surface area contributed by atoms with Crippen molar-refractivity contribution in [3.05, 3.63) is 29.6 Å². The SMILES string of the molecule is CNCC(C)CCC1Cc2cc(F)ccc2O1. The number of fused-ring (bicyclic) bond motifs is 1. The van der Waals surface area contributed by atoms with Crippen LogP contribution in [0.25, 0.3) is 0 Å². The molecule has 1 aromatic rings. The summed E-state index contributed by atoms with van der Waals surface area (Å²) in [6.07, 6.45) is 3.26. The third kappa shape index (κ3) is 3.19. The van der Waals surface area contributed by atoms with Crippen LogP contribution in [0.2, 0.25) is 0 Å². The van der Waals surface area contributed by atoms with Crippen LogP contribution in [0.5, 0.6) is 5.75 Å². The Morgan fingerprint density at radius 2 is 2.35 bits per heavy atom. The Hall–Kier alpha value is -1.09. The molecule has 0 amide bonds. The normalized spacial score (nSPS) is 19.8. The molecule has 2 nitrogen and oxygen atoms in total. The van der Waals surface area contributed by atoms with Gasteiger partial charge in [0.25, 0.3) is 0 Å². The van der Waals surface area contributed by atoms with Gasteiger partial charge in [-0.3, -0.25) is 0 Å². The highest BCUT2D eigenvalue weighted by molar-refractivity contribution is 5.37. The molecule has 0 fully saturated rings. The van der Waals surface area contributed by atoms with Crippen LogP contribution in [-0.4, -0.2) is 19.7 Å². The van der Waals surface area contributed by atoms with Gasteiger partial charge in [0, 0.05) is 12.0 Å². The highest BCUT2D eigenvalue weighted by Gasteiger charge is 2.23. The van der Waals surface area contributed by atoms with Crippen molar-refractivity contribution < 1.29 is 9.13 Å². The fraction of sp³-hybridized carbons (Fsp3) is 0.571. The number of halogens is 1. The van der Waals surface area contributed by atoms with Crippen LogP contribution < -0.4 is 10.1 Å². The van der Waals surface area contributed by atoms with Crippen LogP contribution in [0.15, 0.2) is 18.2 Å². The van der Waals surface area contributed by atoms with E-state index in [9.17, 15) is 4.39 Å². The van der Waals surface area contributed by atoms with Gasteiger partial charge in [0.2, 0.25) is 0 Å². The predicted molar refractivity (Wildman–Crippen MR) is 66.8 cm³/mol. The molecule has 1 aliphatic heterocycles. The van der Waals surface area contributed by atoms with Crippen molar-refractivity contribution in [1.29, 1.82) is 0 Å². The predicted octanol–water partition coefficient (Wildman–Crippen LogP) is 2.76. The Labute approximate surface area is 102 Å². The van der Waals surface area contributed by atoms with Crippen LogP contribution in [0.4, 0.5) is 4.39 Å². The summed E-state index contributed by atoms with van der Waals surface area (Å²) in [5, 5.41) is 3.18.